The third-order valence-corrected chi connectivity index (χ3v) is 8.73. The molecule has 1 N–H and O–H groups in total. The zero-order valence-electron chi connectivity index (χ0n) is 14.5. The van der Waals surface area contributed by atoms with Gasteiger partial charge in [-0.05, 0) is 74.2 Å². The maximum absolute atomic E-state index is 12.7. The molecule has 1 saturated heterocycles. The van der Waals surface area contributed by atoms with Gasteiger partial charge in [0.25, 0.3) is 0 Å². The van der Waals surface area contributed by atoms with E-state index in [0.717, 1.165) is 12.8 Å². The topological polar surface area (TPSA) is 46.5 Å². The lowest BCUT2D eigenvalue weighted by molar-refractivity contribution is -0.165. The summed E-state index contributed by atoms with van der Waals surface area (Å²) < 4.78 is 5.86. The van der Waals surface area contributed by atoms with Crippen LogP contribution in [-0.2, 0) is 9.53 Å². The third kappa shape index (κ3) is 1.45. The Balaban J connectivity index is 1.73. The van der Waals surface area contributed by atoms with Gasteiger partial charge in [0.15, 0.2) is 0 Å². The van der Waals surface area contributed by atoms with E-state index in [1.807, 2.05) is 6.92 Å². The van der Waals surface area contributed by atoms with Gasteiger partial charge in [0.1, 0.15) is 6.10 Å². The van der Waals surface area contributed by atoms with Crippen molar-refractivity contribution < 1.29 is 14.6 Å². The van der Waals surface area contributed by atoms with Crippen LogP contribution in [0.5, 0.6) is 0 Å². The van der Waals surface area contributed by atoms with E-state index in [1.165, 1.54) is 25.7 Å². The van der Waals surface area contributed by atoms with Crippen molar-refractivity contribution in [1.29, 1.82) is 0 Å². The number of carbonyl (C=O) groups excluding carboxylic acids is 1. The summed E-state index contributed by atoms with van der Waals surface area (Å²) in [6, 6.07) is 0. The Hall–Kier alpha value is -0.830. The molecular formula is C20H28O3. The normalized spacial score (nSPS) is 59.9. The van der Waals surface area contributed by atoms with Crippen molar-refractivity contribution in [2.45, 2.75) is 77.9 Å². The van der Waals surface area contributed by atoms with Crippen molar-refractivity contribution in [3.8, 4) is 0 Å². The fourth-order valence-corrected chi connectivity index (χ4v) is 7.65. The van der Waals surface area contributed by atoms with Gasteiger partial charge in [0.2, 0.25) is 0 Å². The monoisotopic (exact) mass is 316 g/mol. The van der Waals surface area contributed by atoms with Gasteiger partial charge < -0.3 is 9.84 Å². The van der Waals surface area contributed by atoms with Crippen LogP contribution in [0.15, 0.2) is 11.6 Å². The first-order valence-electron chi connectivity index (χ1n) is 9.33. The number of ether oxygens (including phenoxy) is 1. The number of hydrogen-bond acceptors (Lipinski definition) is 3. The summed E-state index contributed by atoms with van der Waals surface area (Å²) in [5, 5.41) is 10.7. The largest absolute Gasteiger partial charge is 0.457 e. The lowest BCUT2D eigenvalue weighted by Crippen LogP contribution is -2.63. The molecular weight excluding hydrogens is 288 g/mol. The van der Waals surface area contributed by atoms with Crippen molar-refractivity contribution in [3.05, 3.63) is 11.6 Å². The van der Waals surface area contributed by atoms with E-state index in [0.29, 0.717) is 11.8 Å². The molecule has 4 saturated carbocycles. The van der Waals surface area contributed by atoms with E-state index in [9.17, 15) is 9.90 Å². The Bertz CT molecular complexity index is 627. The predicted molar refractivity (Wildman–Crippen MR) is 86.5 cm³/mol. The minimum Gasteiger partial charge on any atom is -0.457 e. The van der Waals surface area contributed by atoms with Gasteiger partial charge in [-0.15, -0.1) is 0 Å². The summed E-state index contributed by atoms with van der Waals surface area (Å²) >= 11 is 0. The predicted octanol–water partition coefficient (Wildman–Crippen LogP) is 3.61. The second kappa shape index (κ2) is 3.87. The van der Waals surface area contributed by atoms with Crippen LogP contribution in [0.1, 0.15) is 65.7 Å². The van der Waals surface area contributed by atoms with Gasteiger partial charge in [-0.3, -0.25) is 4.79 Å². The molecule has 0 unspecified atom stereocenters. The lowest BCUT2D eigenvalue weighted by Gasteiger charge is -2.67. The van der Waals surface area contributed by atoms with Crippen LogP contribution in [0.3, 0.4) is 0 Å². The van der Waals surface area contributed by atoms with E-state index >= 15 is 0 Å². The molecule has 5 atom stereocenters. The van der Waals surface area contributed by atoms with E-state index in [4.69, 9.17) is 4.74 Å². The minimum atomic E-state index is -0.508. The highest BCUT2D eigenvalue weighted by Gasteiger charge is 2.72. The average molecular weight is 316 g/mol. The van der Waals surface area contributed by atoms with Gasteiger partial charge in [0.05, 0.1) is 11.5 Å². The summed E-state index contributed by atoms with van der Waals surface area (Å²) in [4.78, 5) is 12.7. The molecule has 1 spiro atoms. The number of rotatable bonds is 0. The molecule has 5 aliphatic carbocycles. The molecule has 0 aromatic heterocycles. The molecule has 0 radical (unpaired) electrons. The quantitative estimate of drug-likeness (QED) is 0.548. The fourth-order valence-electron chi connectivity index (χ4n) is 7.65. The Morgan fingerprint density at radius 2 is 1.83 bits per heavy atom. The highest BCUT2D eigenvalue weighted by atomic mass is 16.6. The van der Waals surface area contributed by atoms with Crippen molar-refractivity contribution in [1.82, 2.24) is 0 Å². The Morgan fingerprint density at radius 1 is 1.13 bits per heavy atom. The summed E-state index contributed by atoms with van der Waals surface area (Å²) in [5.74, 6) is 0.155. The maximum Gasteiger partial charge on any atom is 0.312 e. The summed E-state index contributed by atoms with van der Waals surface area (Å²) in [7, 11) is 0. The van der Waals surface area contributed by atoms with Crippen LogP contribution in [0.4, 0.5) is 0 Å². The first kappa shape index (κ1) is 14.5. The lowest BCUT2D eigenvalue weighted by atomic mass is 9.36. The molecule has 0 aromatic rings. The number of aliphatic hydroxyl groups is 1. The Morgan fingerprint density at radius 3 is 2.52 bits per heavy atom. The van der Waals surface area contributed by atoms with Gasteiger partial charge in [-0.2, -0.15) is 0 Å². The summed E-state index contributed by atoms with van der Waals surface area (Å²) in [6.45, 7) is 6.84. The maximum atomic E-state index is 12.7. The second-order valence-electron chi connectivity index (χ2n) is 10.0. The van der Waals surface area contributed by atoms with Gasteiger partial charge in [0, 0.05) is 5.92 Å². The third-order valence-electron chi connectivity index (χ3n) is 8.73. The molecule has 6 aliphatic rings. The standard InChI is InChI=1S/C20H28O3/c1-17-4-6-20(7-5-17)12(9-17)8-14-15-18(2,16(22)23-14)10-13(21)11-19(15,20)3/h8,13-15,21H,4-7,9-11H2,1-3H3/t13-,14+,15-,17?,18-,19-,20?/m0/s1. The molecule has 3 heteroatoms. The van der Waals surface area contributed by atoms with Crippen molar-refractivity contribution in [2.24, 2.45) is 27.6 Å². The van der Waals surface area contributed by atoms with Crippen molar-refractivity contribution in [3.63, 3.8) is 0 Å². The molecule has 23 heavy (non-hydrogen) atoms. The first-order chi connectivity index (χ1) is 10.7. The van der Waals surface area contributed by atoms with Crippen molar-refractivity contribution >= 4 is 5.97 Å². The molecule has 0 aromatic carbocycles. The molecule has 1 aliphatic heterocycles. The van der Waals surface area contributed by atoms with Crippen LogP contribution in [0.2, 0.25) is 0 Å². The number of fused-ring (bicyclic) bond motifs is 2. The number of hydrogen-bond donors (Lipinski definition) is 1. The van der Waals surface area contributed by atoms with Gasteiger partial charge in [-0.25, -0.2) is 0 Å². The zero-order chi connectivity index (χ0) is 16.3. The SMILES string of the molecule is CC12CCC3(CC1)C(=C[C@H]1OC(=O)[C@@]4(C)C[C@H](O)C[C@@]3(C)[C@@H]14)C2. The summed E-state index contributed by atoms with van der Waals surface area (Å²) in [6.07, 6.45) is 9.49. The molecule has 126 valence electrons. The van der Waals surface area contributed by atoms with Gasteiger partial charge in [-0.1, -0.05) is 19.4 Å². The average Bonchev–Trinajstić information content (AvgIpc) is 2.69. The van der Waals surface area contributed by atoms with E-state index in [-0.39, 0.29) is 34.9 Å². The molecule has 2 bridgehead atoms. The number of allylic oxidation sites excluding steroid dienone is 1. The van der Waals surface area contributed by atoms with E-state index < -0.39 is 5.41 Å². The Kier molecular flexibility index (Phi) is 2.44. The van der Waals surface area contributed by atoms with Crippen LogP contribution >= 0.6 is 0 Å². The smallest absolute Gasteiger partial charge is 0.312 e. The number of carbonyl (C=O) groups is 1. The van der Waals surface area contributed by atoms with Crippen molar-refractivity contribution in [2.75, 3.05) is 0 Å². The minimum absolute atomic E-state index is 0.0118. The van der Waals surface area contributed by atoms with Crippen LogP contribution < -0.4 is 0 Å². The highest BCUT2D eigenvalue weighted by Crippen LogP contribution is 2.75. The zero-order valence-corrected chi connectivity index (χ0v) is 14.5. The molecule has 3 nitrogen and oxygen atoms in total. The molecule has 0 amide bonds. The Labute approximate surface area is 138 Å². The molecule has 5 fully saturated rings. The first-order valence-corrected chi connectivity index (χ1v) is 9.33. The van der Waals surface area contributed by atoms with Crippen LogP contribution in [0.25, 0.3) is 0 Å². The highest BCUT2D eigenvalue weighted by molar-refractivity contribution is 5.80. The van der Waals surface area contributed by atoms with Crippen LogP contribution in [0, 0.1) is 27.6 Å². The molecule has 1 heterocycles. The number of aliphatic hydroxyl groups excluding tert-OH is 1. The fraction of sp³-hybridized carbons (Fsp3) is 0.850. The van der Waals surface area contributed by atoms with E-state index in [1.54, 1.807) is 5.57 Å². The van der Waals surface area contributed by atoms with E-state index in [2.05, 4.69) is 19.9 Å². The van der Waals surface area contributed by atoms with Crippen LogP contribution in [-0.4, -0.2) is 23.3 Å². The molecule has 6 rings (SSSR count). The second-order valence-corrected chi connectivity index (χ2v) is 10.0. The summed E-state index contributed by atoms with van der Waals surface area (Å²) in [5.41, 5.74) is 1.67. The van der Waals surface area contributed by atoms with Gasteiger partial charge >= 0.3 is 5.97 Å². The number of esters is 1.